The minimum Gasteiger partial charge on any atom is -0.386 e. The maximum atomic E-state index is 9.97. The van der Waals surface area contributed by atoms with Gasteiger partial charge in [0.1, 0.15) is 0 Å². The summed E-state index contributed by atoms with van der Waals surface area (Å²) in [5.74, 6) is 0.355. The Bertz CT molecular complexity index is 404. The highest BCUT2D eigenvalue weighted by molar-refractivity contribution is 5.78. The molecular formula is C14H23N3O. The fraction of sp³-hybridized carbons (Fsp3) is 0.500. The molecule has 0 radical (unpaired) electrons. The quantitative estimate of drug-likeness (QED) is 0.564. The molecule has 0 bridgehead atoms. The van der Waals surface area contributed by atoms with Gasteiger partial charge in [-0.1, -0.05) is 29.8 Å². The van der Waals surface area contributed by atoms with E-state index in [0.29, 0.717) is 5.96 Å². The van der Waals surface area contributed by atoms with Crippen molar-refractivity contribution in [1.29, 1.82) is 0 Å². The van der Waals surface area contributed by atoms with Gasteiger partial charge >= 0.3 is 0 Å². The van der Waals surface area contributed by atoms with Gasteiger partial charge in [0.15, 0.2) is 5.96 Å². The van der Waals surface area contributed by atoms with E-state index in [2.05, 4.69) is 10.3 Å². The van der Waals surface area contributed by atoms with Crippen LogP contribution in [0.5, 0.6) is 0 Å². The van der Waals surface area contributed by atoms with E-state index in [1.165, 1.54) is 5.56 Å². The molecule has 0 saturated heterocycles. The van der Waals surface area contributed by atoms with Crippen molar-refractivity contribution in [2.45, 2.75) is 39.3 Å². The van der Waals surface area contributed by atoms with E-state index in [1.54, 1.807) is 0 Å². The van der Waals surface area contributed by atoms with Crippen LogP contribution in [0.3, 0.4) is 0 Å². The monoisotopic (exact) mass is 249 g/mol. The molecule has 1 unspecified atom stereocenters. The molecule has 0 saturated carbocycles. The van der Waals surface area contributed by atoms with Crippen molar-refractivity contribution >= 4 is 5.96 Å². The van der Waals surface area contributed by atoms with E-state index in [4.69, 9.17) is 5.73 Å². The molecule has 0 aliphatic carbocycles. The molecule has 1 aromatic carbocycles. The van der Waals surface area contributed by atoms with Gasteiger partial charge in [-0.05, 0) is 33.3 Å². The van der Waals surface area contributed by atoms with Crippen molar-refractivity contribution in [3.05, 3.63) is 35.4 Å². The van der Waals surface area contributed by atoms with Crippen molar-refractivity contribution < 1.29 is 5.11 Å². The Morgan fingerprint density at radius 3 is 2.39 bits per heavy atom. The summed E-state index contributed by atoms with van der Waals surface area (Å²) in [5, 5.41) is 13.0. The zero-order valence-electron chi connectivity index (χ0n) is 11.6. The number of nitrogens with one attached hydrogen (secondary N) is 1. The molecule has 0 fully saturated rings. The number of guanidine groups is 1. The molecule has 4 N–H and O–H groups in total. The third-order valence-electron chi connectivity index (χ3n) is 2.40. The number of hydrogen-bond acceptors (Lipinski definition) is 2. The molecule has 0 aromatic heterocycles. The fourth-order valence-corrected chi connectivity index (χ4v) is 1.50. The van der Waals surface area contributed by atoms with Crippen molar-refractivity contribution in [1.82, 2.24) is 5.32 Å². The smallest absolute Gasteiger partial charge is 0.189 e. The summed E-state index contributed by atoms with van der Waals surface area (Å²) in [5.41, 5.74) is 7.64. The number of aryl methyl sites for hydroxylation is 1. The second-order valence-electron chi connectivity index (χ2n) is 5.53. The lowest BCUT2D eigenvalue weighted by Gasteiger charge is -2.21. The highest BCUT2D eigenvalue weighted by Crippen LogP contribution is 2.13. The number of nitrogens with two attached hydrogens (primary N) is 1. The van der Waals surface area contributed by atoms with E-state index < -0.39 is 6.10 Å². The average Bonchev–Trinajstić information content (AvgIpc) is 2.24. The Kier molecular flexibility index (Phi) is 4.73. The Morgan fingerprint density at radius 1 is 1.33 bits per heavy atom. The van der Waals surface area contributed by atoms with Gasteiger partial charge in [0, 0.05) is 5.54 Å². The summed E-state index contributed by atoms with van der Waals surface area (Å²) >= 11 is 0. The molecular weight excluding hydrogens is 226 g/mol. The average molecular weight is 249 g/mol. The largest absolute Gasteiger partial charge is 0.386 e. The van der Waals surface area contributed by atoms with Crippen LogP contribution in [0.4, 0.5) is 0 Å². The van der Waals surface area contributed by atoms with Gasteiger partial charge in [0.25, 0.3) is 0 Å². The molecule has 0 amide bonds. The zero-order chi connectivity index (χ0) is 13.8. The highest BCUT2D eigenvalue weighted by Gasteiger charge is 2.11. The minimum absolute atomic E-state index is 0.123. The van der Waals surface area contributed by atoms with Gasteiger partial charge in [0.2, 0.25) is 0 Å². The predicted octanol–water partition coefficient (Wildman–Crippen LogP) is 1.73. The summed E-state index contributed by atoms with van der Waals surface area (Å²) in [4.78, 5) is 4.14. The molecule has 0 heterocycles. The van der Waals surface area contributed by atoms with E-state index >= 15 is 0 Å². The first-order valence-corrected chi connectivity index (χ1v) is 6.10. The van der Waals surface area contributed by atoms with Gasteiger partial charge in [-0.3, -0.25) is 4.99 Å². The van der Waals surface area contributed by atoms with Gasteiger partial charge in [-0.25, -0.2) is 0 Å². The first kappa shape index (κ1) is 14.5. The van der Waals surface area contributed by atoms with Gasteiger partial charge < -0.3 is 16.2 Å². The maximum Gasteiger partial charge on any atom is 0.189 e. The van der Waals surface area contributed by atoms with Crippen LogP contribution in [0.2, 0.25) is 0 Å². The molecule has 0 spiro atoms. The number of benzene rings is 1. The SMILES string of the molecule is Cc1ccc(C(O)CN=C(N)NC(C)(C)C)cc1. The van der Waals surface area contributed by atoms with Crippen molar-refractivity contribution in [3.8, 4) is 0 Å². The second-order valence-corrected chi connectivity index (χ2v) is 5.53. The topological polar surface area (TPSA) is 70.6 Å². The summed E-state index contributed by atoms with van der Waals surface area (Å²) < 4.78 is 0. The van der Waals surface area contributed by atoms with Crippen LogP contribution in [0.25, 0.3) is 0 Å². The minimum atomic E-state index is -0.620. The standard InChI is InChI=1S/C14H23N3O/c1-10-5-7-11(8-6-10)12(18)9-16-13(15)17-14(2,3)4/h5-8,12,18H,9H2,1-4H3,(H3,15,16,17). The Balaban J connectivity index is 2.57. The van der Waals surface area contributed by atoms with Gasteiger partial charge in [-0.15, -0.1) is 0 Å². The number of rotatable bonds is 3. The highest BCUT2D eigenvalue weighted by atomic mass is 16.3. The molecule has 0 aliphatic heterocycles. The molecule has 1 rings (SSSR count). The summed E-state index contributed by atoms with van der Waals surface area (Å²) in [7, 11) is 0. The molecule has 100 valence electrons. The lowest BCUT2D eigenvalue weighted by molar-refractivity contribution is 0.187. The lowest BCUT2D eigenvalue weighted by Crippen LogP contribution is -2.45. The van der Waals surface area contributed by atoms with E-state index in [1.807, 2.05) is 52.0 Å². The predicted molar refractivity (Wildman–Crippen MR) is 75.5 cm³/mol. The van der Waals surface area contributed by atoms with Gasteiger partial charge in [-0.2, -0.15) is 0 Å². The van der Waals surface area contributed by atoms with E-state index in [-0.39, 0.29) is 12.1 Å². The van der Waals surface area contributed by atoms with Crippen LogP contribution < -0.4 is 11.1 Å². The Morgan fingerprint density at radius 2 is 1.89 bits per heavy atom. The molecule has 1 aromatic rings. The van der Waals surface area contributed by atoms with E-state index in [9.17, 15) is 5.11 Å². The summed E-state index contributed by atoms with van der Waals surface area (Å²) in [6.45, 7) is 8.29. The second kappa shape index (κ2) is 5.87. The summed E-state index contributed by atoms with van der Waals surface area (Å²) in [6, 6.07) is 7.75. The van der Waals surface area contributed by atoms with Crippen LogP contribution in [0, 0.1) is 6.92 Å². The number of aliphatic imine (C=N–C) groups is 1. The fourth-order valence-electron chi connectivity index (χ4n) is 1.50. The number of aliphatic hydroxyl groups is 1. The van der Waals surface area contributed by atoms with Gasteiger partial charge in [0.05, 0.1) is 12.6 Å². The zero-order valence-corrected chi connectivity index (χ0v) is 11.6. The van der Waals surface area contributed by atoms with Crippen LogP contribution in [0.15, 0.2) is 29.3 Å². The normalized spacial score (nSPS) is 14.4. The first-order chi connectivity index (χ1) is 8.28. The van der Waals surface area contributed by atoms with Crippen molar-refractivity contribution in [3.63, 3.8) is 0 Å². The Labute approximate surface area is 109 Å². The number of hydrogen-bond donors (Lipinski definition) is 3. The number of aliphatic hydroxyl groups excluding tert-OH is 1. The van der Waals surface area contributed by atoms with Crippen molar-refractivity contribution in [2.75, 3.05) is 6.54 Å². The van der Waals surface area contributed by atoms with Crippen molar-refractivity contribution in [2.24, 2.45) is 10.7 Å². The summed E-state index contributed by atoms with van der Waals surface area (Å²) in [6.07, 6.45) is -0.620. The third kappa shape index (κ3) is 5.19. The Hall–Kier alpha value is -1.55. The molecule has 4 heteroatoms. The first-order valence-electron chi connectivity index (χ1n) is 6.10. The molecule has 1 atom stereocenters. The molecule has 18 heavy (non-hydrogen) atoms. The van der Waals surface area contributed by atoms with Crippen LogP contribution in [-0.4, -0.2) is 23.1 Å². The molecule has 4 nitrogen and oxygen atoms in total. The van der Waals surface area contributed by atoms with Crippen LogP contribution in [0.1, 0.15) is 38.0 Å². The number of nitrogens with zero attached hydrogens (tertiary/aromatic N) is 1. The lowest BCUT2D eigenvalue weighted by atomic mass is 10.1. The van der Waals surface area contributed by atoms with E-state index in [0.717, 1.165) is 5.56 Å². The van der Waals surface area contributed by atoms with Crippen LogP contribution >= 0.6 is 0 Å². The third-order valence-corrected chi connectivity index (χ3v) is 2.40. The molecule has 0 aliphatic rings. The maximum absolute atomic E-state index is 9.97. The van der Waals surface area contributed by atoms with Crippen LogP contribution in [-0.2, 0) is 0 Å².